The van der Waals surface area contributed by atoms with Gasteiger partial charge in [0.2, 0.25) is 0 Å². The second kappa shape index (κ2) is 6.93. The number of hydrogen-bond donors (Lipinski definition) is 0. The zero-order valence-electron chi connectivity index (χ0n) is 10.9. The van der Waals surface area contributed by atoms with Gasteiger partial charge in [-0.1, -0.05) is 19.9 Å². The number of benzene rings is 1. The Balaban J connectivity index is 0.000000686. The Kier molecular flexibility index (Phi) is 5.51. The van der Waals surface area contributed by atoms with Crippen molar-refractivity contribution in [2.45, 2.75) is 20.8 Å². The maximum Gasteiger partial charge on any atom is 0.101 e. The highest BCUT2D eigenvalue weighted by atomic mass is 16.5. The van der Waals surface area contributed by atoms with E-state index in [9.17, 15) is 0 Å². The normalized spacial score (nSPS) is 14.6. The molecule has 0 radical (unpaired) electrons. The van der Waals surface area contributed by atoms with Crippen LogP contribution in [0.25, 0.3) is 0 Å². The average molecular weight is 232 g/mol. The van der Waals surface area contributed by atoms with Gasteiger partial charge in [-0.25, -0.2) is 0 Å². The van der Waals surface area contributed by atoms with Crippen LogP contribution in [0.1, 0.15) is 25.0 Å². The van der Waals surface area contributed by atoms with Crippen LogP contribution in [0.15, 0.2) is 18.2 Å². The lowest BCUT2D eigenvalue weighted by molar-refractivity contribution is 0.122. The van der Waals surface area contributed by atoms with E-state index in [4.69, 9.17) is 10.00 Å². The van der Waals surface area contributed by atoms with Gasteiger partial charge in [0.25, 0.3) is 0 Å². The van der Waals surface area contributed by atoms with Gasteiger partial charge in [0.05, 0.1) is 24.5 Å². The summed E-state index contributed by atoms with van der Waals surface area (Å²) in [5.74, 6) is 0. The van der Waals surface area contributed by atoms with Gasteiger partial charge in [0, 0.05) is 13.1 Å². The van der Waals surface area contributed by atoms with Crippen molar-refractivity contribution < 1.29 is 4.74 Å². The molecule has 3 heteroatoms. The molecule has 1 saturated heterocycles. The summed E-state index contributed by atoms with van der Waals surface area (Å²) in [4.78, 5) is 2.21. The third-order valence-corrected chi connectivity index (χ3v) is 2.62. The Hall–Kier alpha value is -1.53. The minimum atomic E-state index is 0.749. The number of morpholine rings is 1. The SMILES string of the molecule is CC.Cc1ccc(N2CCOCC2)c(C#N)c1. The summed E-state index contributed by atoms with van der Waals surface area (Å²) < 4.78 is 5.29. The maximum absolute atomic E-state index is 9.07. The Labute approximate surface area is 104 Å². The average Bonchev–Trinajstić information content (AvgIpc) is 2.42. The van der Waals surface area contributed by atoms with Crippen LogP contribution in [-0.2, 0) is 4.74 Å². The zero-order chi connectivity index (χ0) is 12.7. The molecule has 1 aliphatic heterocycles. The molecule has 1 aromatic rings. The van der Waals surface area contributed by atoms with Gasteiger partial charge in [0.1, 0.15) is 6.07 Å². The van der Waals surface area contributed by atoms with Gasteiger partial charge >= 0.3 is 0 Å². The number of aryl methyl sites for hydroxylation is 1. The lowest BCUT2D eigenvalue weighted by atomic mass is 10.1. The lowest BCUT2D eigenvalue weighted by Gasteiger charge is -2.29. The van der Waals surface area contributed by atoms with E-state index in [1.165, 1.54) is 0 Å². The molecule has 0 unspecified atom stereocenters. The van der Waals surface area contributed by atoms with Gasteiger partial charge in [-0.3, -0.25) is 0 Å². The first-order valence-electron chi connectivity index (χ1n) is 6.15. The van der Waals surface area contributed by atoms with Gasteiger partial charge in [0.15, 0.2) is 0 Å². The number of ether oxygens (including phenoxy) is 1. The lowest BCUT2D eigenvalue weighted by Crippen LogP contribution is -2.36. The highest BCUT2D eigenvalue weighted by Gasteiger charge is 2.14. The fourth-order valence-corrected chi connectivity index (χ4v) is 1.82. The fraction of sp³-hybridized carbons (Fsp3) is 0.500. The first-order valence-corrected chi connectivity index (χ1v) is 6.15. The Bertz CT molecular complexity index is 390. The first kappa shape index (κ1) is 13.5. The standard InChI is InChI=1S/C12H14N2O.C2H6/c1-10-2-3-12(11(8-10)9-13)14-4-6-15-7-5-14;1-2/h2-3,8H,4-7H2,1H3;1-2H3. The molecule has 17 heavy (non-hydrogen) atoms. The van der Waals surface area contributed by atoms with Crippen molar-refractivity contribution in [3.05, 3.63) is 29.3 Å². The molecule has 0 N–H and O–H groups in total. The van der Waals surface area contributed by atoms with Crippen LogP contribution in [0, 0.1) is 18.3 Å². The summed E-state index contributed by atoms with van der Waals surface area (Å²) in [5, 5.41) is 9.07. The van der Waals surface area contributed by atoms with E-state index in [0.29, 0.717) is 0 Å². The molecule has 1 aromatic carbocycles. The monoisotopic (exact) mass is 232 g/mol. The van der Waals surface area contributed by atoms with Crippen molar-refractivity contribution in [2.24, 2.45) is 0 Å². The quantitative estimate of drug-likeness (QED) is 0.747. The van der Waals surface area contributed by atoms with E-state index in [1.54, 1.807) is 0 Å². The van der Waals surface area contributed by atoms with Crippen LogP contribution in [0.2, 0.25) is 0 Å². The van der Waals surface area contributed by atoms with Crippen LogP contribution in [0.4, 0.5) is 5.69 Å². The van der Waals surface area contributed by atoms with Crippen LogP contribution in [-0.4, -0.2) is 26.3 Å². The van der Waals surface area contributed by atoms with E-state index < -0.39 is 0 Å². The number of rotatable bonds is 1. The van der Waals surface area contributed by atoms with Gasteiger partial charge in [-0.15, -0.1) is 0 Å². The summed E-state index contributed by atoms with van der Waals surface area (Å²) in [6, 6.07) is 8.26. The smallest absolute Gasteiger partial charge is 0.101 e. The highest BCUT2D eigenvalue weighted by molar-refractivity contribution is 5.60. The molecule has 3 nitrogen and oxygen atoms in total. The fourth-order valence-electron chi connectivity index (χ4n) is 1.82. The number of anilines is 1. The van der Waals surface area contributed by atoms with Crippen molar-refractivity contribution in [1.29, 1.82) is 5.26 Å². The number of nitrogens with zero attached hydrogens (tertiary/aromatic N) is 2. The summed E-state index contributed by atoms with van der Waals surface area (Å²) in [5.41, 5.74) is 2.92. The predicted molar refractivity (Wildman–Crippen MR) is 70.3 cm³/mol. The minimum absolute atomic E-state index is 0.749. The molecule has 0 spiro atoms. The molecule has 0 bridgehead atoms. The molecule has 1 fully saturated rings. The van der Waals surface area contributed by atoms with Crippen molar-refractivity contribution in [1.82, 2.24) is 0 Å². The van der Waals surface area contributed by atoms with Crippen LogP contribution >= 0.6 is 0 Å². The van der Waals surface area contributed by atoms with E-state index in [1.807, 2.05) is 39.0 Å². The van der Waals surface area contributed by atoms with Crippen LogP contribution in [0.3, 0.4) is 0 Å². The summed E-state index contributed by atoms with van der Waals surface area (Å²) >= 11 is 0. The van der Waals surface area contributed by atoms with Crippen molar-refractivity contribution in [3.8, 4) is 6.07 Å². The molecular formula is C14H20N2O. The van der Waals surface area contributed by atoms with E-state index in [-0.39, 0.29) is 0 Å². The van der Waals surface area contributed by atoms with E-state index in [0.717, 1.165) is 43.1 Å². The second-order valence-corrected chi connectivity index (χ2v) is 3.73. The molecule has 2 rings (SSSR count). The molecule has 92 valence electrons. The van der Waals surface area contributed by atoms with Crippen LogP contribution < -0.4 is 4.90 Å². The topological polar surface area (TPSA) is 36.3 Å². The van der Waals surface area contributed by atoms with Gasteiger partial charge in [-0.2, -0.15) is 5.26 Å². The Morgan fingerprint density at radius 3 is 2.47 bits per heavy atom. The van der Waals surface area contributed by atoms with Crippen molar-refractivity contribution in [2.75, 3.05) is 31.2 Å². The van der Waals surface area contributed by atoms with E-state index in [2.05, 4.69) is 11.0 Å². The van der Waals surface area contributed by atoms with Gasteiger partial charge in [-0.05, 0) is 24.6 Å². The first-order chi connectivity index (χ1) is 8.31. The highest BCUT2D eigenvalue weighted by Crippen LogP contribution is 2.21. The molecule has 1 heterocycles. The molecule has 0 atom stereocenters. The summed E-state index contributed by atoms with van der Waals surface area (Å²) in [6.45, 7) is 9.25. The molecule has 0 amide bonds. The zero-order valence-corrected chi connectivity index (χ0v) is 10.9. The van der Waals surface area contributed by atoms with E-state index >= 15 is 0 Å². The predicted octanol–water partition coefficient (Wildman–Crippen LogP) is 2.73. The Morgan fingerprint density at radius 2 is 1.88 bits per heavy atom. The number of nitriles is 1. The van der Waals surface area contributed by atoms with Crippen molar-refractivity contribution in [3.63, 3.8) is 0 Å². The largest absolute Gasteiger partial charge is 0.378 e. The molecular weight excluding hydrogens is 212 g/mol. The van der Waals surface area contributed by atoms with Crippen molar-refractivity contribution >= 4 is 5.69 Å². The maximum atomic E-state index is 9.07. The number of hydrogen-bond acceptors (Lipinski definition) is 3. The summed E-state index contributed by atoms with van der Waals surface area (Å²) in [6.07, 6.45) is 0. The molecule has 0 saturated carbocycles. The third kappa shape index (κ3) is 3.47. The molecule has 1 aliphatic rings. The third-order valence-electron chi connectivity index (χ3n) is 2.62. The second-order valence-electron chi connectivity index (χ2n) is 3.73. The van der Waals surface area contributed by atoms with Crippen LogP contribution in [0.5, 0.6) is 0 Å². The van der Waals surface area contributed by atoms with Gasteiger partial charge < -0.3 is 9.64 Å². The molecule has 0 aliphatic carbocycles. The molecule has 0 aromatic heterocycles. The minimum Gasteiger partial charge on any atom is -0.378 e. The summed E-state index contributed by atoms with van der Waals surface area (Å²) in [7, 11) is 0. The Morgan fingerprint density at radius 1 is 1.24 bits per heavy atom.